The summed E-state index contributed by atoms with van der Waals surface area (Å²) in [4.78, 5) is 4.60. The predicted molar refractivity (Wildman–Crippen MR) is 75.4 cm³/mol. The van der Waals surface area contributed by atoms with Crippen molar-refractivity contribution in [2.75, 3.05) is 5.43 Å². The highest BCUT2D eigenvalue weighted by atomic mass is 35.5. The second-order valence-corrected chi connectivity index (χ2v) is 7.08. The molecule has 0 saturated heterocycles. The zero-order valence-electron chi connectivity index (χ0n) is 9.63. The van der Waals surface area contributed by atoms with E-state index in [1.54, 1.807) is 12.1 Å². The van der Waals surface area contributed by atoms with Crippen LogP contribution in [-0.4, -0.2) is 13.4 Å². The molecule has 6 nitrogen and oxygen atoms in total. The van der Waals surface area contributed by atoms with Crippen LogP contribution in [0, 0.1) is 0 Å². The summed E-state index contributed by atoms with van der Waals surface area (Å²) in [6.45, 7) is 0.165. The number of anilines is 1. The van der Waals surface area contributed by atoms with Crippen LogP contribution in [0.1, 0.15) is 4.88 Å². The van der Waals surface area contributed by atoms with E-state index in [0.717, 1.165) is 4.88 Å². The number of aromatic nitrogens is 1. The molecule has 0 atom stereocenters. The van der Waals surface area contributed by atoms with Crippen LogP contribution in [0.4, 0.5) is 5.69 Å². The van der Waals surface area contributed by atoms with Crippen molar-refractivity contribution in [2.24, 2.45) is 5.84 Å². The van der Waals surface area contributed by atoms with Gasteiger partial charge in [-0.15, -0.1) is 11.3 Å². The van der Waals surface area contributed by atoms with Gasteiger partial charge in [0.1, 0.15) is 4.90 Å². The van der Waals surface area contributed by atoms with Gasteiger partial charge in [0.15, 0.2) is 0 Å². The molecule has 0 spiro atoms. The van der Waals surface area contributed by atoms with E-state index >= 15 is 0 Å². The maximum atomic E-state index is 12.1. The fraction of sp³-hybridized carbons (Fsp3) is 0.100. The summed E-state index contributed by atoms with van der Waals surface area (Å²) in [5.41, 5.74) is 2.61. The largest absolute Gasteiger partial charge is 0.323 e. The van der Waals surface area contributed by atoms with Crippen LogP contribution in [0.3, 0.4) is 0 Å². The van der Waals surface area contributed by atoms with E-state index in [9.17, 15) is 8.42 Å². The maximum absolute atomic E-state index is 12.1. The molecule has 0 aliphatic heterocycles. The second-order valence-electron chi connectivity index (χ2n) is 3.55. The first-order chi connectivity index (χ1) is 9.03. The molecular weight excluding hydrogens is 308 g/mol. The molecule has 2 aromatic rings. The summed E-state index contributed by atoms with van der Waals surface area (Å²) in [6, 6.07) is 4.96. The third kappa shape index (κ3) is 3.43. The molecule has 2 aromatic heterocycles. The Bertz CT molecular complexity index is 672. The lowest BCUT2D eigenvalue weighted by Crippen LogP contribution is -2.24. The Hall–Kier alpha value is -1.19. The maximum Gasteiger partial charge on any atom is 0.244 e. The van der Waals surface area contributed by atoms with E-state index in [2.05, 4.69) is 15.1 Å². The molecule has 0 bridgehead atoms. The molecule has 9 heteroatoms. The number of thiophene rings is 1. The predicted octanol–water partition coefficient (Wildman–Crippen LogP) is 1.56. The van der Waals surface area contributed by atoms with Crippen molar-refractivity contribution in [1.82, 2.24) is 9.71 Å². The molecule has 0 fully saturated rings. The molecule has 0 aromatic carbocycles. The molecule has 0 aliphatic rings. The molecule has 0 amide bonds. The standard InChI is InChI=1S/C10H11ClN4O2S2/c11-10-2-1-7(18-10)5-14-19(16,17)9-6-13-4-3-8(9)15-12/h1-4,6,14H,5,12H2,(H,13,15). The van der Waals surface area contributed by atoms with Gasteiger partial charge in [0, 0.05) is 23.8 Å². The highest BCUT2D eigenvalue weighted by molar-refractivity contribution is 7.89. The van der Waals surface area contributed by atoms with Crippen molar-refractivity contribution in [3.63, 3.8) is 0 Å². The highest BCUT2D eigenvalue weighted by Crippen LogP contribution is 2.22. The van der Waals surface area contributed by atoms with E-state index in [1.165, 1.54) is 29.8 Å². The van der Waals surface area contributed by atoms with Crippen LogP contribution in [0.25, 0.3) is 0 Å². The number of sulfonamides is 1. The number of nitrogens with two attached hydrogens (primary N) is 1. The summed E-state index contributed by atoms with van der Waals surface area (Å²) in [5.74, 6) is 5.27. The third-order valence-corrected chi connectivity index (χ3v) is 4.95. The molecule has 0 radical (unpaired) electrons. The summed E-state index contributed by atoms with van der Waals surface area (Å²) >= 11 is 7.10. The first kappa shape index (κ1) is 14.2. The van der Waals surface area contributed by atoms with Crippen molar-refractivity contribution >= 4 is 38.6 Å². The Morgan fingerprint density at radius 3 is 2.79 bits per heavy atom. The summed E-state index contributed by atoms with van der Waals surface area (Å²) in [5, 5.41) is 0. The minimum Gasteiger partial charge on any atom is -0.323 e. The molecular formula is C10H11ClN4O2S2. The Morgan fingerprint density at radius 1 is 1.37 bits per heavy atom. The summed E-state index contributed by atoms with van der Waals surface area (Å²) < 4.78 is 27.3. The van der Waals surface area contributed by atoms with Gasteiger partial charge in [0.25, 0.3) is 0 Å². The number of halogens is 1. The zero-order valence-corrected chi connectivity index (χ0v) is 12.0. The van der Waals surface area contributed by atoms with Crippen LogP contribution in [0.5, 0.6) is 0 Å². The van der Waals surface area contributed by atoms with E-state index in [4.69, 9.17) is 17.4 Å². The molecule has 4 N–H and O–H groups in total. The summed E-state index contributed by atoms with van der Waals surface area (Å²) in [7, 11) is -3.68. The van der Waals surface area contributed by atoms with Gasteiger partial charge < -0.3 is 5.43 Å². The Labute approximate surface area is 119 Å². The Morgan fingerprint density at radius 2 is 2.16 bits per heavy atom. The molecule has 2 heterocycles. The fourth-order valence-corrected chi connectivity index (χ4v) is 3.64. The van der Waals surface area contributed by atoms with E-state index in [0.29, 0.717) is 4.34 Å². The van der Waals surface area contributed by atoms with Crippen molar-refractivity contribution in [1.29, 1.82) is 0 Å². The van der Waals surface area contributed by atoms with Gasteiger partial charge in [-0.05, 0) is 18.2 Å². The lowest BCUT2D eigenvalue weighted by molar-refractivity contribution is 0.581. The summed E-state index contributed by atoms with van der Waals surface area (Å²) in [6.07, 6.45) is 2.69. The first-order valence-electron chi connectivity index (χ1n) is 5.17. The Balaban J connectivity index is 2.18. The number of nitrogens with zero attached hydrogens (tertiary/aromatic N) is 1. The first-order valence-corrected chi connectivity index (χ1v) is 7.85. The van der Waals surface area contributed by atoms with Crippen molar-refractivity contribution in [3.8, 4) is 0 Å². The SMILES string of the molecule is NNc1ccncc1S(=O)(=O)NCc1ccc(Cl)s1. The number of hydrazine groups is 1. The molecule has 0 aliphatic carbocycles. The van der Waals surface area contributed by atoms with Crippen molar-refractivity contribution in [3.05, 3.63) is 39.8 Å². The van der Waals surface area contributed by atoms with Crippen LogP contribution >= 0.6 is 22.9 Å². The van der Waals surface area contributed by atoms with Gasteiger partial charge in [0.2, 0.25) is 10.0 Å². The lowest BCUT2D eigenvalue weighted by Gasteiger charge is -2.09. The zero-order chi connectivity index (χ0) is 13.9. The third-order valence-electron chi connectivity index (χ3n) is 2.29. The van der Waals surface area contributed by atoms with E-state index < -0.39 is 10.0 Å². The Kier molecular flexibility index (Phi) is 4.38. The van der Waals surface area contributed by atoms with Crippen LogP contribution < -0.4 is 16.0 Å². The average molecular weight is 319 g/mol. The van der Waals surface area contributed by atoms with Crippen LogP contribution in [0.15, 0.2) is 35.5 Å². The van der Waals surface area contributed by atoms with E-state index in [1.807, 2.05) is 0 Å². The number of pyridine rings is 1. The minimum atomic E-state index is -3.68. The number of rotatable bonds is 5. The second kappa shape index (κ2) is 5.85. The molecule has 0 saturated carbocycles. The fourth-order valence-electron chi connectivity index (χ4n) is 1.40. The molecule has 19 heavy (non-hydrogen) atoms. The van der Waals surface area contributed by atoms with Gasteiger partial charge >= 0.3 is 0 Å². The lowest BCUT2D eigenvalue weighted by atomic mass is 10.4. The minimum absolute atomic E-state index is 0.000142. The number of hydrogen-bond donors (Lipinski definition) is 3. The topological polar surface area (TPSA) is 97.1 Å². The van der Waals surface area contributed by atoms with Gasteiger partial charge in [-0.3, -0.25) is 10.8 Å². The van der Waals surface area contributed by atoms with Crippen molar-refractivity contribution in [2.45, 2.75) is 11.4 Å². The van der Waals surface area contributed by atoms with Gasteiger partial charge in [-0.25, -0.2) is 13.1 Å². The van der Waals surface area contributed by atoms with Crippen molar-refractivity contribution < 1.29 is 8.42 Å². The van der Waals surface area contributed by atoms with Gasteiger partial charge in [-0.2, -0.15) is 0 Å². The molecule has 0 unspecified atom stereocenters. The van der Waals surface area contributed by atoms with Crippen LogP contribution in [0.2, 0.25) is 4.34 Å². The quantitative estimate of drug-likeness (QED) is 0.574. The van der Waals surface area contributed by atoms with E-state index in [-0.39, 0.29) is 17.1 Å². The smallest absolute Gasteiger partial charge is 0.244 e. The number of hydrogen-bond acceptors (Lipinski definition) is 6. The van der Waals surface area contributed by atoms with Crippen LogP contribution in [-0.2, 0) is 16.6 Å². The number of nitrogens with one attached hydrogen (secondary N) is 2. The van der Waals surface area contributed by atoms with Gasteiger partial charge in [-0.1, -0.05) is 11.6 Å². The normalized spacial score (nSPS) is 11.5. The molecule has 2 rings (SSSR count). The molecule has 102 valence electrons. The number of nitrogen functional groups attached to an aromatic ring is 1. The average Bonchev–Trinajstić information content (AvgIpc) is 2.82. The monoisotopic (exact) mass is 318 g/mol. The van der Waals surface area contributed by atoms with Gasteiger partial charge in [0.05, 0.1) is 10.0 Å². The highest BCUT2D eigenvalue weighted by Gasteiger charge is 2.18.